The van der Waals surface area contributed by atoms with E-state index >= 15 is 0 Å². The molecule has 2 heterocycles. The van der Waals surface area contributed by atoms with Crippen LogP contribution in [0.5, 0.6) is 5.75 Å². The van der Waals surface area contributed by atoms with Gasteiger partial charge in [-0.2, -0.15) is 8.78 Å². The second-order valence-corrected chi connectivity index (χ2v) is 5.96. The number of hydrogen-bond acceptors (Lipinski definition) is 6. The molecule has 1 unspecified atom stereocenters. The van der Waals surface area contributed by atoms with E-state index < -0.39 is 11.5 Å². The Hall–Kier alpha value is -2.97. The summed E-state index contributed by atoms with van der Waals surface area (Å²) in [6, 6.07) is 9.70. The van der Waals surface area contributed by atoms with Gasteiger partial charge >= 0.3 is 6.61 Å². The Morgan fingerprint density at radius 1 is 1.27 bits per heavy atom. The fourth-order valence-corrected chi connectivity index (χ4v) is 2.96. The monoisotopic (exact) mass is 364 g/mol. The predicted molar refractivity (Wildman–Crippen MR) is 92.8 cm³/mol. The van der Waals surface area contributed by atoms with E-state index in [9.17, 15) is 18.9 Å². The summed E-state index contributed by atoms with van der Waals surface area (Å²) in [5, 5.41) is 14.0. The van der Waals surface area contributed by atoms with Crippen LogP contribution in [0.1, 0.15) is 12.8 Å². The number of nitro groups is 1. The van der Waals surface area contributed by atoms with Crippen LogP contribution in [-0.2, 0) is 0 Å². The number of ether oxygens (including phenoxy) is 1. The highest BCUT2D eigenvalue weighted by Gasteiger charge is 2.21. The zero-order chi connectivity index (χ0) is 18.5. The molecule has 26 heavy (non-hydrogen) atoms. The Morgan fingerprint density at radius 2 is 2.04 bits per heavy atom. The number of nitrogens with zero attached hydrogens (tertiary/aromatic N) is 3. The van der Waals surface area contributed by atoms with Crippen LogP contribution in [0.3, 0.4) is 0 Å². The number of rotatable bonds is 6. The molecule has 1 N–H and O–H groups in total. The molecular formula is C17H18F2N4O3. The van der Waals surface area contributed by atoms with Gasteiger partial charge in [-0.25, -0.2) is 4.98 Å². The molecular weight excluding hydrogens is 346 g/mol. The van der Waals surface area contributed by atoms with Crippen LogP contribution in [0.25, 0.3) is 0 Å². The second-order valence-electron chi connectivity index (χ2n) is 5.96. The van der Waals surface area contributed by atoms with Gasteiger partial charge in [-0.15, -0.1) is 0 Å². The lowest BCUT2D eigenvalue weighted by molar-refractivity contribution is -0.385. The number of piperidine rings is 1. The minimum Gasteiger partial charge on any atom is -0.435 e. The first-order valence-corrected chi connectivity index (χ1v) is 8.18. The number of aromatic nitrogens is 1. The van der Waals surface area contributed by atoms with Crippen molar-refractivity contribution >= 4 is 17.2 Å². The van der Waals surface area contributed by atoms with E-state index in [-0.39, 0.29) is 17.5 Å². The third kappa shape index (κ3) is 4.56. The minimum absolute atomic E-state index is 0.0491. The third-order valence-electron chi connectivity index (χ3n) is 4.16. The van der Waals surface area contributed by atoms with Gasteiger partial charge in [-0.3, -0.25) is 10.1 Å². The van der Waals surface area contributed by atoms with E-state index in [1.54, 1.807) is 18.2 Å². The number of hydrogen-bond donors (Lipinski definition) is 1. The van der Waals surface area contributed by atoms with Gasteiger partial charge in [0, 0.05) is 30.9 Å². The highest BCUT2D eigenvalue weighted by atomic mass is 19.3. The largest absolute Gasteiger partial charge is 0.435 e. The van der Waals surface area contributed by atoms with Gasteiger partial charge < -0.3 is 15.0 Å². The lowest BCUT2D eigenvalue weighted by atomic mass is 10.0. The molecule has 0 spiro atoms. The van der Waals surface area contributed by atoms with E-state index in [4.69, 9.17) is 0 Å². The quantitative estimate of drug-likeness (QED) is 0.622. The van der Waals surface area contributed by atoms with E-state index in [0.29, 0.717) is 12.4 Å². The molecule has 1 fully saturated rings. The Bertz CT molecular complexity index is 741. The van der Waals surface area contributed by atoms with Crippen LogP contribution < -0.4 is 15.0 Å². The predicted octanol–water partition coefficient (Wildman–Crippen LogP) is 3.67. The van der Waals surface area contributed by atoms with Crippen molar-refractivity contribution in [3.63, 3.8) is 0 Å². The molecule has 0 bridgehead atoms. The molecule has 9 heteroatoms. The Morgan fingerprint density at radius 3 is 2.65 bits per heavy atom. The van der Waals surface area contributed by atoms with Crippen LogP contribution in [0, 0.1) is 10.1 Å². The molecule has 0 amide bonds. The normalized spacial score (nSPS) is 17.2. The number of alkyl halides is 2. The maximum Gasteiger partial charge on any atom is 0.387 e. The summed E-state index contributed by atoms with van der Waals surface area (Å²) in [5.74, 6) is 0.716. The molecule has 0 aliphatic carbocycles. The summed E-state index contributed by atoms with van der Waals surface area (Å²) in [7, 11) is 0. The third-order valence-corrected chi connectivity index (χ3v) is 4.16. The van der Waals surface area contributed by atoms with Gasteiger partial charge in [-0.1, -0.05) is 0 Å². The standard InChI is InChI=1S/C17H18F2N4O3/c18-17(19)26-15-6-3-13(4-7-15)22-9-1-2-12(11-22)21-16-8-5-14(10-20-16)23(24)25/h3-8,10,12,17H,1-2,9,11H2,(H,20,21). The molecule has 138 valence electrons. The van der Waals surface area contributed by atoms with Gasteiger partial charge in [0.25, 0.3) is 5.69 Å². The summed E-state index contributed by atoms with van der Waals surface area (Å²) >= 11 is 0. The van der Waals surface area contributed by atoms with Crippen molar-refractivity contribution in [3.8, 4) is 5.75 Å². The molecule has 1 saturated heterocycles. The van der Waals surface area contributed by atoms with Crippen molar-refractivity contribution in [2.75, 3.05) is 23.3 Å². The van der Waals surface area contributed by atoms with Gasteiger partial charge in [0.05, 0.1) is 4.92 Å². The maximum absolute atomic E-state index is 12.2. The first kappa shape index (κ1) is 17.8. The van der Waals surface area contributed by atoms with E-state index in [2.05, 4.69) is 19.9 Å². The topological polar surface area (TPSA) is 80.5 Å². The average Bonchev–Trinajstić information content (AvgIpc) is 2.62. The number of nitrogens with one attached hydrogen (secondary N) is 1. The van der Waals surface area contributed by atoms with Gasteiger partial charge in [0.2, 0.25) is 0 Å². The molecule has 1 aromatic heterocycles. The van der Waals surface area contributed by atoms with Crippen molar-refractivity contribution in [1.82, 2.24) is 4.98 Å². The minimum atomic E-state index is -2.83. The van der Waals surface area contributed by atoms with Crippen molar-refractivity contribution in [2.45, 2.75) is 25.5 Å². The van der Waals surface area contributed by atoms with Crippen LogP contribution in [0.4, 0.5) is 26.0 Å². The number of halogens is 2. The second kappa shape index (κ2) is 7.94. The number of pyridine rings is 1. The Labute approximate surface area is 148 Å². The zero-order valence-electron chi connectivity index (χ0n) is 13.8. The molecule has 1 aliphatic heterocycles. The van der Waals surface area contributed by atoms with Crippen molar-refractivity contribution < 1.29 is 18.4 Å². The van der Waals surface area contributed by atoms with Gasteiger partial charge in [0.1, 0.15) is 17.8 Å². The van der Waals surface area contributed by atoms with E-state index in [1.807, 2.05) is 0 Å². The average molecular weight is 364 g/mol. The molecule has 1 aromatic carbocycles. The molecule has 1 aliphatic rings. The summed E-state index contributed by atoms with van der Waals surface area (Å²) in [4.78, 5) is 16.4. The Kier molecular flexibility index (Phi) is 5.45. The number of benzene rings is 1. The van der Waals surface area contributed by atoms with Crippen molar-refractivity contribution in [1.29, 1.82) is 0 Å². The molecule has 0 saturated carbocycles. The summed E-state index contributed by atoms with van der Waals surface area (Å²) in [6.07, 6.45) is 3.13. The highest BCUT2D eigenvalue weighted by Crippen LogP contribution is 2.25. The molecule has 2 aromatic rings. The summed E-state index contributed by atoms with van der Waals surface area (Å²) < 4.78 is 28.8. The highest BCUT2D eigenvalue weighted by molar-refractivity contribution is 5.50. The first-order valence-electron chi connectivity index (χ1n) is 8.18. The van der Waals surface area contributed by atoms with Gasteiger partial charge in [-0.05, 0) is 43.2 Å². The lowest BCUT2D eigenvalue weighted by Gasteiger charge is -2.35. The van der Waals surface area contributed by atoms with E-state index in [1.165, 1.54) is 24.4 Å². The smallest absolute Gasteiger partial charge is 0.387 e. The van der Waals surface area contributed by atoms with Crippen LogP contribution in [0.2, 0.25) is 0 Å². The zero-order valence-corrected chi connectivity index (χ0v) is 13.8. The molecule has 0 radical (unpaired) electrons. The summed E-state index contributed by atoms with van der Waals surface area (Å²) in [5.41, 5.74) is 0.877. The van der Waals surface area contributed by atoms with Crippen molar-refractivity contribution in [2.24, 2.45) is 0 Å². The van der Waals surface area contributed by atoms with Gasteiger partial charge in [0.15, 0.2) is 0 Å². The molecule has 7 nitrogen and oxygen atoms in total. The first-order chi connectivity index (χ1) is 12.5. The van der Waals surface area contributed by atoms with E-state index in [0.717, 1.165) is 25.1 Å². The SMILES string of the molecule is O=[N+]([O-])c1ccc(NC2CCCN(c3ccc(OC(F)F)cc3)C2)nc1. The van der Waals surface area contributed by atoms with Crippen LogP contribution in [-0.4, -0.2) is 35.7 Å². The maximum atomic E-state index is 12.2. The van der Waals surface area contributed by atoms with Crippen LogP contribution >= 0.6 is 0 Å². The van der Waals surface area contributed by atoms with Crippen molar-refractivity contribution in [3.05, 3.63) is 52.7 Å². The Balaban J connectivity index is 1.60. The molecule has 3 rings (SSSR count). The number of anilines is 2. The van der Waals surface area contributed by atoms with Crippen LogP contribution in [0.15, 0.2) is 42.6 Å². The fourth-order valence-electron chi connectivity index (χ4n) is 2.96. The molecule has 1 atom stereocenters. The summed E-state index contributed by atoms with van der Waals surface area (Å²) in [6.45, 7) is -1.26. The lowest BCUT2D eigenvalue weighted by Crippen LogP contribution is -2.42. The fraction of sp³-hybridized carbons (Fsp3) is 0.353.